The van der Waals surface area contributed by atoms with Gasteiger partial charge in [-0.1, -0.05) is 54.7 Å². The van der Waals surface area contributed by atoms with Gasteiger partial charge in [-0.3, -0.25) is 4.79 Å². The van der Waals surface area contributed by atoms with Crippen molar-refractivity contribution in [1.29, 1.82) is 0 Å². The van der Waals surface area contributed by atoms with E-state index in [1.54, 1.807) is 6.08 Å². The Morgan fingerprint density at radius 1 is 0.931 bits per heavy atom. The van der Waals surface area contributed by atoms with Crippen molar-refractivity contribution in [1.82, 2.24) is 0 Å². The molecule has 0 spiro atoms. The maximum atomic E-state index is 12.6. The van der Waals surface area contributed by atoms with Crippen LogP contribution in [-0.2, 0) is 11.0 Å². The minimum atomic E-state index is -4.37. The van der Waals surface area contributed by atoms with E-state index in [0.717, 1.165) is 37.8 Å². The van der Waals surface area contributed by atoms with Crippen LogP contribution in [-0.4, -0.2) is 17.7 Å². The maximum Gasteiger partial charge on any atom is 0.416 e. The van der Waals surface area contributed by atoms with Gasteiger partial charge < -0.3 is 9.84 Å². The van der Waals surface area contributed by atoms with Crippen molar-refractivity contribution in [3.05, 3.63) is 78.4 Å². The molecule has 0 amide bonds. The number of alkyl halides is 3. The van der Waals surface area contributed by atoms with E-state index in [1.807, 2.05) is 30.4 Å². The maximum absolute atomic E-state index is 12.6. The Morgan fingerprint density at radius 2 is 1.52 bits per heavy atom. The molecule has 0 saturated heterocycles. The first-order chi connectivity index (χ1) is 13.9. The summed E-state index contributed by atoms with van der Waals surface area (Å²) in [7, 11) is 0. The van der Waals surface area contributed by atoms with Crippen molar-refractivity contribution in [3.63, 3.8) is 0 Å². The molecule has 0 saturated carbocycles. The lowest BCUT2D eigenvalue weighted by Gasteiger charge is -2.08. The molecule has 0 fully saturated rings. The van der Waals surface area contributed by atoms with E-state index < -0.39 is 17.7 Å². The van der Waals surface area contributed by atoms with Gasteiger partial charge in [-0.2, -0.15) is 13.2 Å². The van der Waals surface area contributed by atoms with Gasteiger partial charge in [0.05, 0.1) is 5.56 Å². The number of ether oxygens (including phenoxy) is 1. The molecule has 6 heteroatoms. The Kier molecular flexibility index (Phi) is 11.9. The number of halogens is 3. The topological polar surface area (TPSA) is 46.5 Å². The molecule has 1 aromatic carbocycles. The lowest BCUT2D eigenvalue weighted by molar-refractivity contribution is -0.138. The summed E-state index contributed by atoms with van der Waals surface area (Å²) in [4.78, 5) is 10.3. The lowest BCUT2D eigenvalue weighted by Crippen LogP contribution is -2.05. The molecule has 3 nitrogen and oxygen atoms in total. The third-order valence-electron chi connectivity index (χ3n) is 3.75. The van der Waals surface area contributed by atoms with E-state index in [-0.39, 0.29) is 18.8 Å². The third kappa shape index (κ3) is 13.1. The molecule has 0 unspecified atom stereocenters. The molecular weight excluding hydrogens is 381 g/mol. The molecule has 1 rings (SSSR count). The third-order valence-corrected chi connectivity index (χ3v) is 3.75. The lowest BCUT2D eigenvalue weighted by atomic mass is 10.2. The standard InChI is InChI=1S/C23H27F3O3/c24-23(25,26)20-15-14-16-21(19-20)29-18-13-11-9-7-5-3-1-2-4-6-8-10-12-17-22(27)28/h1-2,5-8,11,13-16,19H,3-4,9-10,12,17-18H2,(H,27,28)/b2-1-,7-5-,8-6-,13-11-. The highest BCUT2D eigenvalue weighted by Gasteiger charge is 2.30. The molecule has 1 N–H and O–H groups in total. The average molecular weight is 408 g/mol. The quantitative estimate of drug-likeness (QED) is 0.291. The van der Waals surface area contributed by atoms with Gasteiger partial charge in [0.2, 0.25) is 0 Å². The number of allylic oxidation sites excluding steroid dienone is 7. The van der Waals surface area contributed by atoms with Gasteiger partial charge in [-0.25, -0.2) is 0 Å². The van der Waals surface area contributed by atoms with E-state index >= 15 is 0 Å². The summed E-state index contributed by atoms with van der Waals surface area (Å²) < 4.78 is 43.1. The van der Waals surface area contributed by atoms with Crippen molar-refractivity contribution >= 4 is 5.97 Å². The molecule has 0 aromatic heterocycles. The van der Waals surface area contributed by atoms with E-state index in [4.69, 9.17) is 9.84 Å². The fourth-order valence-corrected chi connectivity index (χ4v) is 2.28. The fraction of sp³-hybridized carbons (Fsp3) is 0.348. The van der Waals surface area contributed by atoms with Crippen LogP contribution in [0.25, 0.3) is 0 Å². The highest BCUT2D eigenvalue weighted by atomic mass is 19.4. The Balaban J connectivity index is 2.10. The minimum absolute atomic E-state index is 0.195. The summed E-state index contributed by atoms with van der Waals surface area (Å²) in [5.41, 5.74) is -0.719. The molecule has 0 aliphatic carbocycles. The van der Waals surface area contributed by atoms with E-state index in [9.17, 15) is 18.0 Å². The van der Waals surface area contributed by atoms with Gasteiger partial charge >= 0.3 is 12.1 Å². The second kappa shape index (κ2) is 14.3. The normalized spacial score (nSPS) is 12.7. The molecule has 0 heterocycles. The molecule has 0 atom stereocenters. The van der Waals surface area contributed by atoms with Gasteiger partial charge in [0.25, 0.3) is 0 Å². The first kappa shape index (κ1) is 24.3. The zero-order chi connectivity index (χ0) is 21.4. The van der Waals surface area contributed by atoms with Crippen LogP contribution in [0.4, 0.5) is 13.2 Å². The van der Waals surface area contributed by atoms with Crippen LogP contribution < -0.4 is 4.74 Å². The van der Waals surface area contributed by atoms with E-state index in [0.29, 0.717) is 6.42 Å². The van der Waals surface area contributed by atoms with Crippen molar-refractivity contribution in [2.75, 3.05) is 6.61 Å². The Labute approximate surface area is 169 Å². The van der Waals surface area contributed by atoms with Crippen LogP contribution in [0.5, 0.6) is 5.75 Å². The van der Waals surface area contributed by atoms with Gasteiger partial charge in [0.1, 0.15) is 12.4 Å². The Morgan fingerprint density at radius 3 is 2.10 bits per heavy atom. The fourth-order valence-electron chi connectivity index (χ4n) is 2.28. The number of benzene rings is 1. The molecule has 0 bridgehead atoms. The van der Waals surface area contributed by atoms with Crippen molar-refractivity contribution in [2.45, 2.75) is 44.7 Å². The van der Waals surface area contributed by atoms with E-state index in [1.165, 1.54) is 12.1 Å². The number of carboxylic acid groups (broad SMARTS) is 1. The monoisotopic (exact) mass is 408 g/mol. The number of hydrogen-bond acceptors (Lipinski definition) is 2. The van der Waals surface area contributed by atoms with Gasteiger partial charge in [-0.15, -0.1) is 0 Å². The zero-order valence-electron chi connectivity index (χ0n) is 16.3. The summed E-state index contributed by atoms with van der Waals surface area (Å²) in [6.45, 7) is 0.216. The van der Waals surface area contributed by atoms with Gasteiger partial charge in [0, 0.05) is 6.42 Å². The minimum Gasteiger partial charge on any atom is -0.490 e. The van der Waals surface area contributed by atoms with Crippen LogP contribution in [0, 0.1) is 0 Å². The summed E-state index contributed by atoms with van der Waals surface area (Å²) in [6, 6.07) is 4.83. The highest BCUT2D eigenvalue weighted by molar-refractivity contribution is 5.66. The number of carboxylic acids is 1. The van der Waals surface area contributed by atoms with Crippen LogP contribution in [0.15, 0.2) is 72.9 Å². The number of aliphatic carboxylic acids is 1. The molecule has 0 radical (unpaired) electrons. The van der Waals surface area contributed by atoms with Crippen LogP contribution in [0.1, 0.15) is 44.1 Å². The average Bonchev–Trinajstić information content (AvgIpc) is 2.67. The first-order valence-electron chi connectivity index (χ1n) is 9.51. The largest absolute Gasteiger partial charge is 0.490 e. The predicted octanol–water partition coefficient (Wildman–Crippen LogP) is 6.73. The van der Waals surface area contributed by atoms with Crippen molar-refractivity contribution in [2.24, 2.45) is 0 Å². The van der Waals surface area contributed by atoms with E-state index in [2.05, 4.69) is 12.2 Å². The number of carbonyl (C=O) groups is 1. The number of unbranched alkanes of at least 4 members (excludes halogenated alkanes) is 1. The predicted molar refractivity (Wildman–Crippen MR) is 109 cm³/mol. The highest BCUT2D eigenvalue weighted by Crippen LogP contribution is 2.31. The first-order valence-corrected chi connectivity index (χ1v) is 9.51. The number of hydrogen-bond donors (Lipinski definition) is 1. The molecular formula is C23H27F3O3. The van der Waals surface area contributed by atoms with Crippen LogP contribution in [0.2, 0.25) is 0 Å². The Hall–Kier alpha value is -2.76. The second-order valence-corrected chi connectivity index (χ2v) is 6.22. The summed E-state index contributed by atoms with van der Waals surface area (Å²) in [6.07, 6.45) is 15.5. The smallest absolute Gasteiger partial charge is 0.416 e. The summed E-state index contributed by atoms with van der Waals surface area (Å²) >= 11 is 0. The van der Waals surface area contributed by atoms with Gasteiger partial charge in [-0.05, 0) is 50.3 Å². The number of rotatable bonds is 13. The van der Waals surface area contributed by atoms with Crippen LogP contribution >= 0.6 is 0 Å². The molecule has 1 aromatic rings. The van der Waals surface area contributed by atoms with Gasteiger partial charge in [0.15, 0.2) is 0 Å². The molecule has 0 aliphatic rings. The Bertz CT molecular complexity index is 716. The molecule has 158 valence electrons. The second-order valence-electron chi connectivity index (χ2n) is 6.22. The van der Waals surface area contributed by atoms with Crippen LogP contribution in [0.3, 0.4) is 0 Å². The van der Waals surface area contributed by atoms with Crippen molar-refractivity contribution < 1.29 is 27.8 Å². The van der Waals surface area contributed by atoms with Crippen molar-refractivity contribution in [3.8, 4) is 5.75 Å². The summed E-state index contributed by atoms with van der Waals surface area (Å²) in [5.74, 6) is -0.565. The SMILES string of the molecule is O=C(O)CCC/C=C\C/C=C\C/C=C\C/C=C\COc1cccc(C(F)(F)F)c1. The molecule has 0 aliphatic heterocycles. The molecule has 29 heavy (non-hydrogen) atoms. The summed E-state index contributed by atoms with van der Waals surface area (Å²) in [5, 5.41) is 8.51. The zero-order valence-corrected chi connectivity index (χ0v) is 16.3.